The number of esters is 2. The number of hydrogen-bond donors (Lipinski definition) is 1. The molecule has 0 saturated heterocycles. The Labute approximate surface area is 653 Å². The molecule has 9 heteroatoms. The molecular formula is C96H178NO8+. The molecule has 0 radical (unpaired) electrons. The molecule has 1 N–H and O–H groups in total. The van der Waals surface area contributed by atoms with Crippen molar-refractivity contribution in [1.82, 2.24) is 0 Å². The van der Waals surface area contributed by atoms with Crippen molar-refractivity contribution in [2.75, 3.05) is 47.5 Å². The molecule has 0 aliphatic carbocycles. The van der Waals surface area contributed by atoms with E-state index >= 15 is 0 Å². The number of carboxylic acid groups (broad SMARTS) is 1. The zero-order valence-electron chi connectivity index (χ0n) is 70.7. The first-order valence-electron chi connectivity index (χ1n) is 46.1. The van der Waals surface area contributed by atoms with E-state index in [1.807, 2.05) is 21.1 Å². The highest BCUT2D eigenvalue weighted by Crippen LogP contribution is 2.21. The smallest absolute Gasteiger partial charge is 0.361 e. The van der Waals surface area contributed by atoms with Crippen LogP contribution in [0.2, 0.25) is 0 Å². The summed E-state index contributed by atoms with van der Waals surface area (Å²) in [6.45, 7) is 4.83. The van der Waals surface area contributed by atoms with Crippen molar-refractivity contribution in [3.63, 3.8) is 0 Å². The van der Waals surface area contributed by atoms with Gasteiger partial charge in [0.15, 0.2) is 6.10 Å². The number of aliphatic carboxylic acids is 1. The first-order chi connectivity index (χ1) is 51.6. The molecule has 0 saturated carbocycles. The lowest BCUT2D eigenvalue weighted by atomic mass is 10.0. The Bertz CT molecular complexity index is 1970. The van der Waals surface area contributed by atoms with E-state index in [0.29, 0.717) is 17.4 Å². The van der Waals surface area contributed by atoms with Gasteiger partial charge in [-0.15, -0.1) is 0 Å². The lowest BCUT2D eigenvalue weighted by Crippen LogP contribution is -2.40. The van der Waals surface area contributed by atoms with Crippen LogP contribution in [0.3, 0.4) is 0 Å². The Kier molecular flexibility index (Phi) is 83.6. The summed E-state index contributed by atoms with van der Waals surface area (Å²) in [6.07, 6.45) is 116. The van der Waals surface area contributed by atoms with E-state index in [0.717, 1.165) is 70.6 Å². The largest absolute Gasteiger partial charge is 0.477 e. The molecule has 0 aliphatic heterocycles. The summed E-state index contributed by atoms with van der Waals surface area (Å²) in [4.78, 5) is 37.8. The van der Waals surface area contributed by atoms with Crippen molar-refractivity contribution in [1.29, 1.82) is 0 Å². The molecule has 105 heavy (non-hydrogen) atoms. The second kappa shape index (κ2) is 86.3. The monoisotopic (exact) mass is 1470 g/mol. The highest BCUT2D eigenvalue weighted by molar-refractivity contribution is 5.71. The molecule has 0 spiro atoms. The minimum absolute atomic E-state index is 0.176. The van der Waals surface area contributed by atoms with Crippen molar-refractivity contribution >= 4 is 17.9 Å². The fourth-order valence-electron chi connectivity index (χ4n) is 14.0. The van der Waals surface area contributed by atoms with E-state index in [2.05, 4.69) is 86.8 Å². The number of allylic oxidation sites excluding steroid dienone is 12. The second-order valence-corrected chi connectivity index (χ2v) is 32.6. The maximum absolute atomic E-state index is 13.0. The van der Waals surface area contributed by atoms with Gasteiger partial charge in [-0.05, 0) is 83.5 Å². The van der Waals surface area contributed by atoms with E-state index in [1.54, 1.807) is 0 Å². The molecule has 0 fully saturated rings. The maximum Gasteiger partial charge on any atom is 0.361 e. The van der Waals surface area contributed by atoms with E-state index in [1.165, 1.54) is 366 Å². The molecule has 0 amide bonds. The molecule has 2 unspecified atom stereocenters. The number of unbranched alkanes of at least 4 members (excludes halogenated alkanes) is 60. The minimum atomic E-state index is -1.51. The second-order valence-electron chi connectivity index (χ2n) is 32.6. The predicted octanol–water partition coefficient (Wildman–Crippen LogP) is 30.3. The van der Waals surface area contributed by atoms with E-state index in [4.69, 9.17) is 18.9 Å². The normalized spacial score (nSPS) is 12.9. The Morgan fingerprint density at radius 1 is 0.295 bits per heavy atom. The lowest BCUT2D eigenvalue weighted by molar-refractivity contribution is -0.870. The van der Waals surface area contributed by atoms with Gasteiger partial charge < -0.3 is 28.5 Å². The van der Waals surface area contributed by atoms with Crippen LogP contribution in [-0.2, 0) is 33.3 Å². The van der Waals surface area contributed by atoms with Crippen LogP contribution in [0.15, 0.2) is 72.9 Å². The predicted molar refractivity (Wildman–Crippen MR) is 456 cm³/mol. The maximum atomic E-state index is 13.0. The highest BCUT2D eigenvalue weighted by Gasteiger charge is 2.25. The standard InChI is InChI=1S/C96H177NO8/c1-6-8-10-12-14-16-18-20-22-24-26-28-30-32-34-36-38-40-42-44-46-47-49-50-52-54-56-58-60-62-64-66-68-70-72-74-76-78-80-82-84-86-93(98)103-90-92(91-104-96(95(100)101)102-89-88-97(3,4)5)105-94(99)87-85-83-81-79-77-75-73-71-69-67-65-63-61-59-57-55-53-51-48-45-43-41-39-37-35-33-31-29-27-25-23-21-19-17-15-13-11-9-7-2/h9,11,15,17-18,20-21,23-24,26-27,29,92,96H,6-8,10,12-14,16,19,22,25,28,30-91H2,1-5H3/p+1/b11-9-,17-15-,20-18-,23-21-,26-24-,29-27-. The molecule has 614 valence electrons. The fourth-order valence-corrected chi connectivity index (χ4v) is 14.0. The molecule has 0 rings (SSSR count). The number of carbonyl (C=O) groups excluding carboxylic acids is 2. The number of ether oxygens (including phenoxy) is 4. The molecule has 0 aliphatic rings. The van der Waals surface area contributed by atoms with Crippen LogP contribution in [0.5, 0.6) is 0 Å². The third kappa shape index (κ3) is 87.8. The molecule has 0 aromatic carbocycles. The topological polar surface area (TPSA) is 108 Å². The van der Waals surface area contributed by atoms with Gasteiger partial charge in [-0.2, -0.15) is 0 Å². The Hall–Kier alpha value is -3.27. The van der Waals surface area contributed by atoms with Gasteiger partial charge in [0.05, 0.1) is 34.4 Å². The van der Waals surface area contributed by atoms with Gasteiger partial charge in [0.1, 0.15) is 13.2 Å². The number of hydrogen-bond acceptors (Lipinski definition) is 7. The van der Waals surface area contributed by atoms with Gasteiger partial charge in [0.2, 0.25) is 0 Å². The fraction of sp³-hybridized carbons (Fsp3) is 0.844. The molecular weight excluding hydrogens is 1300 g/mol. The first-order valence-corrected chi connectivity index (χ1v) is 46.1. The average Bonchev–Trinajstić information content (AvgIpc) is 1.97. The van der Waals surface area contributed by atoms with Gasteiger partial charge in [0, 0.05) is 12.8 Å². The third-order valence-electron chi connectivity index (χ3n) is 20.9. The van der Waals surface area contributed by atoms with E-state index in [9.17, 15) is 19.5 Å². The Morgan fingerprint density at radius 2 is 0.543 bits per heavy atom. The van der Waals surface area contributed by atoms with Crippen LogP contribution in [-0.4, -0.2) is 87.4 Å². The molecule has 0 aromatic rings. The number of nitrogens with zero attached hydrogens (tertiary/aromatic N) is 1. The number of carbonyl (C=O) groups is 3. The Balaban J connectivity index is 3.88. The summed E-state index contributed by atoms with van der Waals surface area (Å²) in [5, 5.41) is 9.80. The van der Waals surface area contributed by atoms with Crippen LogP contribution < -0.4 is 0 Å². The van der Waals surface area contributed by atoms with Gasteiger partial charge in [-0.25, -0.2) is 4.79 Å². The van der Waals surface area contributed by atoms with Crippen LogP contribution in [0.1, 0.15) is 463 Å². The third-order valence-corrected chi connectivity index (χ3v) is 20.9. The average molecular weight is 1470 g/mol. The molecule has 9 nitrogen and oxygen atoms in total. The van der Waals surface area contributed by atoms with Crippen LogP contribution in [0.4, 0.5) is 0 Å². The lowest BCUT2D eigenvalue weighted by Gasteiger charge is -2.25. The molecule has 0 bridgehead atoms. The first kappa shape index (κ1) is 102. The van der Waals surface area contributed by atoms with Crippen LogP contribution >= 0.6 is 0 Å². The number of carboxylic acids is 1. The number of rotatable bonds is 87. The van der Waals surface area contributed by atoms with Crippen molar-refractivity contribution in [2.45, 2.75) is 476 Å². The molecule has 0 aromatic heterocycles. The van der Waals surface area contributed by atoms with Gasteiger partial charge in [-0.3, -0.25) is 9.59 Å². The molecule has 0 heterocycles. The zero-order chi connectivity index (χ0) is 76.0. The highest BCUT2D eigenvalue weighted by atomic mass is 16.7. The van der Waals surface area contributed by atoms with Crippen LogP contribution in [0.25, 0.3) is 0 Å². The summed E-state index contributed by atoms with van der Waals surface area (Å²) in [5.41, 5.74) is 0. The van der Waals surface area contributed by atoms with Crippen molar-refractivity contribution in [3.05, 3.63) is 72.9 Å². The minimum Gasteiger partial charge on any atom is -0.477 e. The summed E-state index contributed by atoms with van der Waals surface area (Å²) in [7, 11) is 6.01. The summed E-state index contributed by atoms with van der Waals surface area (Å²) >= 11 is 0. The summed E-state index contributed by atoms with van der Waals surface area (Å²) < 4.78 is 23.1. The molecule has 2 atom stereocenters. The van der Waals surface area contributed by atoms with Gasteiger partial charge >= 0.3 is 17.9 Å². The number of quaternary nitrogens is 1. The zero-order valence-corrected chi connectivity index (χ0v) is 70.7. The Morgan fingerprint density at radius 3 is 0.810 bits per heavy atom. The van der Waals surface area contributed by atoms with Gasteiger partial charge in [-0.1, -0.05) is 440 Å². The van der Waals surface area contributed by atoms with Gasteiger partial charge in [0.25, 0.3) is 6.29 Å². The van der Waals surface area contributed by atoms with E-state index in [-0.39, 0.29) is 38.2 Å². The quantitative estimate of drug-likeness (QED) is 0.0211. The van der Waals surface area contributed by atoms with Crippen molar-refractivity contribution in [2.24, 2.45) is 0 Å². The summed E-state index contributed by atoms with van der Waals surface area (Å²) in [6, 6.07) is 0. The SMILES string of the molecule is CC/C=C\C/C=C\C/C=C\C/C=C\CCCCCCCCCCCCCCCCCCCCCCCCCCCCC(=O)OC(COC(=O)CCCCCCCCCCCCCCCCCCCCCCCCCCCCCCC/C=C\C/C=C\CCCCCCC)COC(OCC[N+](C)(C)C)C(=O)O. The van der Waals surface area contributed by atoms with E-state index < -0.39 is 18.4 Å². The summed E-state index contributed by atoms with van der Waals surface area (Å²) in [5.74, 6) is -1.97. The van der Waals surface area contributed by atoms with Crippen LogP contribution in [0, 0.1) is 0 Å². The number of likely N-dealkylation sites (N-methyl/N-ethyl adjacent to an activating group) is 1. The van der Waals surface area contributed by atoms with Crippen molar-refractivity contribution in [3.8, 4) is 0 Å². The van der Waals surface area contributed by atoms with Crippen molar-refractivity contribution < 1.29 is 42.9 Å².